The number of aromatic nitrogens is 2. The van der Waals surface area contributed by atoms with Crippen LogP contribution in [-0.2, 0) is 16.6 Å². The Hall–Kier alpha value is -1.36. The van der Waals surface area contributed by atoms with Crippen molar-refractivity contribution in [3.8, 4) is 0 Å². The van der Waals surface area contributed by atoms with E-state index in [-0.39, 0.29) is 0 Å². The van der Waals surface area contributed by atoms with Crippen LogP contribution >= 0.6 is 0 Å². The number of carbonyl (C=O) groups is 1. The maximum Gasteiger partial charge on any atom is 0.327 e. The van der Waals surface area contributed by atoms with Gasteiger partial charge in [0.2, 0.25) is 0 Å². The molecule has 5 heteroatoms. The molecule has 1 unspecified atom stereocenters. The number of aryl methyl sites for hydroxylation is 1. The molecule has 1 rings (SSSR count). The molecule has 1 atom stereocenters. The van der Waals surface area contributed by atoms with E-state index in [4.69, 9.17) is 10.5 Å². The van der Waals surface area contributed by atoms with Gasteiger partial charge in [0, 0.05) is 18.8 Å². The van der Waals surface area contributed by atoms with Gasteiger partial charge in [0.25, 0.3) is 0 Å². The molecule has 13 heavy (non-hydrogen) atoms. The third-order valence-corrected chi connectivity index (χ3v) is 1.62. The van der Waals surface area contributed by atoms with Crippen molar-refractivity contribution in [2.75, 3.05) is 6.61 Å². The van der Waals surface area contributed by atoms with Crippen molar-refractivity contribution in [1.29, 1.82) is 0 Å². The topological polar surface area (TPSA) is 70.1 Å². The molecule has 0 bridgehead atoms. The minimum atomic E-state index is -0.728. The maximum atomic E-state index is 11.2. The lowest BCUT2D eigenvalue weighted by Gasteiger charge is -2.07. The quantitative estimate of drug-likeness (QED) is 0.669. The first kappa shape index (κ1) is 9.73. The van der Waals surface area contributed by atoms with Gasteiger partial charge in [-0.05, 0) is 6.92 Å². The molecule has 5 nitrogen and oxygen atoms in total. The highest BCUT2D eigenvalue weighted by Crippen LogP contribution is 2.09. The fourth-order valence-electron chi connectivity index (χ4n) is 0.969. The summed E-state index contributed by atoms with van der Waals surface area (Å²) in [4.78, 5) is 11.2. The Bertz CT molecular complexity index is 295. The molecule has 1 heterocycles. The number of hydrogen-bond donors (Lipinski definition) is 1. The third-order valence-electron chi connectivity index (χ3n) is 1.62. The Kier molecular flexibility index (Phi) is 3.02. The van der Waals surface area contributed by atoms with Crippen LogP contribution in [0, 0.1) is 0 Å². The highest BCUT2D eigenvalue weighted by Gasteiger charge is 2.17. The van der Waals surface area contributed by atoms with Crippen LogP contribution in [-0.4, -0.2) is 22.4 Å². The molecule has 0 aliphatic rings. The summed E-state index contributed by atoms with van der Waals surface area (Å²) in [6, 6.07) is -0.728. The van der Waals surface area contributed by atoms with Gasteiger partial charge in [0.05, 0.1) is 12.8 Å². The Morgan fingerprint density at radius 1 is 1.85 bits per heavy atom. The Balaban J connectivity index is 2.67. The number of esters is 1. The molecule has 0 amide bonds. The molecule has 0 aromatic carbocycles. The van der Waals surface area contributed by atoms with E-state index < -0.39 is 12.0 Å². The van der Waals surface area contributed by atoms with Crippen LogP contribution in [0.1, 0.15) is 18.5 Å². The van der Waals surface area contributed by atoms with E-state index in [1.807, 2.05) is 0 Å². The zero-order valence-corrected chi connectivity index (χ0v) is 7.73. The number of hydrogen-bond acceptors (Lipinski definition) is 4. The van der Waals surface area contributed by atoms with Crippen molar-refractivity contribution < 1.29 is 9.53 Å². The standard InChI is InChI=1S/C8H13N3O2/c1-3-13-8(12)7(9)6-4-10-11(2)5-6/h4-5,7H,3,9H2,1-2H3. The molecule has 0 spiro atoms. The summed E-state index contributed by atoms with van der Waals surface area (Å²) < 4.78 is 6.36. The zero-order chi connectivity index (χ0) is 9.84. The average Bonchev–Trinajstić information content (AvgIpc) is 2.51. The second-order valence-corrected chi connectivity index (χ2v) is 2.68. The zero-order valence-electron chi connectivity index (χ0n) is 7.73. The van der Waals surface area contributed by atoms with Crippen LogP contribution in [0.4, 0.5) is 0 Å². The normalized spacial score (nSPS) is 12.5. The lowest BCUT2D eigenvalue weighted by atomic mass is 10.2. The number of nitrogens with two attached hydrogens (primary N) is 1. The molecular formula is C8H13N3O2. The summed E-state index contributed by atoms with van der Waals surface area (Å²) in [5.41, 5.74) is 6.28. The van der Waals surface area contributed by atoms with E-state index in [1.54, 1.807) is 31.0 Å². The molecule has 2 N–H and O–H groups in total. The van der Waals surface area contributed by atoms with E-state index in [1.165, 1.54) is 0 Å². The van der Waals surface area contributed by atoms with Crippen LogP contribution in [0.2, 0.25) is 0 Å². The molecule has 72 valence electrons. The van der Waals surface area contributed by atoms with Crippen molar-refractivity contribution >= 4 is 5.97 Å². The monoisotopic (exact) mass is 183 g/mol. The minimum absolute atomic E-state index is 0.340. The SMILES string of the molecule is CCOC(=O)C(N)c1cnn(C)c1. The summed E-state index contributed by atoms with van der Waals surface area (Å²) in [5, 5.41) is 3.91. The third kappa shape index (κ3) is 2.29. The van der Waals surface area contributed by atoms with Gasteiger partial charge in [0.1, 0.15) is 6.04 Å². The number of rotatable bonds is 3. The van der Waals surface area contributed by atoms with Gasteiger partial charge in [0.15, 0.2) is 0 Å². The van der Waals surface area contributed by atoms with Crippen molar-refractivity contribution in [2.24, 2.45) is 12.8 Å². The first-order valence-corrected chi connectivity index (χ1v) is 4.06. The second kappa shape index (κ2) is 4.04. The lowest BCUT2D eigenvalue weighted by Crippen LogP contribution is -2.23. The first-order chi connectivity index (χ1) is 6.15. The smallest absolute Gasteiger partial charge is 0.327 e. The molecule has 0 radical (unpaired) electrons. The summed E-state index contributed by atoms with van der Waals surface area (Å²) in [5.74, 6) is -0.421. The molecule has 0 aliphatic carbocycles. The van der Waals surface area contributed by atoms with Crippen molar-refractivity contribution in [3.05, 3.63) is 18.0 Å². The van der Waals surface area contributed by atoms with Gasteiger partial charge >= 0.3 is 5.97 Å². The lowest BCUT2D eigenvalue weighted by molar-refractivity contribution is -0.144. The molecule has 0 saturated carbocycles. The Morgan fingerprint density at radius 3 is 3.00 bits per heavy atom. The van der Waals surface area contributed by atoms with Gasteiger partial charge in [-0.25, -0.2) is 4.79 Å². The second-order valence-electron chi connectivity index (χ2n) is 2.68. The van der Waals surface area contributed by atoms with Crippen molar-refractivity contribution in [3.63, 3.8) is 0 Å². The highest BCUT2D eigenvalue weighted by atomic mass is 16.5. The Labute approximate surface area is 76.5 Å². The largest absolute Gasteiger partial charge is 0.465 e. The Morgan fingerprint density at radius 2 is 2.54 bits per heavy atom. The summed E-state index contributed by atoms with van der Waals surface area (Å²) >= 11 is 0. The summed E-state index contributed by atoms with van der Waals surface area (Å²) in [6.45, 7) is 2.08. The minimum Gasteiger partial charge on any atom is -0.465 e. The predicted octanol–water partition coefficient (Wildman–Crippen LogP) is -0.0170. The van der Waals surface area contributed by atoms with Crippen LogP contribution in [0.25, 0.3) is 0 Å². The van der Waals surface area contributed by atoms with E-state index >= 15 is 0 Å². The van der Waals surface area contributed by atoms with E-state index in [2.05, 4.69) is 5.10 Å². The van der Waals surface area contributed by atoms with Gasteiger partial charge in [-0.1, -0.05) is 0 Å². The predicted molar refractivity (Wildman–Crippen MR) is 46.8 cm³/mol. The highest BCUT2D eigenvalue weighted by molar-refractivity contribution is 5.77. The van der Waals surface area contributed by atoms with Crippen LogP contribution in [0.5, 0.6) is 0 Å². The van der Waals surface area contributed by atoms with E-state index in [9.17, 15) is 4.79 Å². The van der Waals surface area contributed by atoms with E-state index in [0.717, 1.165) is 0 Å². The fraction of sp³-hybridized carbons (Fsp3) is 0.500. The molecule has 1 aromatic heterocycles. The van der Waals surface area contributed by atoms with Crippen molar-refractivity contribution in [2.45, 2.75) is 13.0 Å². The molecular weight excluding hydrogens is 170 g/mol. The van der Waals surface area contributed by atoms with E-state index in [0.29, 0.717) is 12.2 Å². The molecule has 0 saturated heterocycles. The van der Waals surface area contributed by atoms with Crippen molar-refractivity contribution in [1.82, 2.24) is 9.78 Å². The molecule has 1 aromatic rings. The van der Waals surface area contributed by atoms with Crippen LogP contribution in [0.3, 0.4) is 0 Å². The van der Waals surface area contributed by atoms with Gasteiger partial charge in [-0.2, -0.15) is 5.10 Å². The van der Waals surface area contributed by atoms with Gasteiger partial charge < -0.3 is 10.5 Å². The van der Waals surface area contributed by atoms with Gasteiger partial charge in [-0.3, -0.25) is 4.68 Å². The fourth-order valence-corrected chi connectivity index (χ4v) is 0.969. The molecule has 0 aliphatic heterocycles. The number of nitrogens with zero attached hydrogens (tertiary/aromatic N) is 2. The van der Waals surface area contributed by atoms with Crippen LogP contribution < -0.4 is 5.73 Å². The summed E-state index contributed by atoms with van der Waals surface area (Å²) in [7, 11) is 1.77. The molecule has 0 fully saturated rings. The van der Waals surface area contributed by atoms with Crippen LogP contribution in [0.15, 0.2) is 12.4 Å². The van der Waals surface area contributed by atoms with Gasteiger partial charge in [-0.15, -0.1) is 0 Å². The number of ether oxygens (including phenoxy) is 1. The first-order valence-electron chi connectivity index (χ1n) is 4.06. The average molecular weight is 183 g/mol. The number of carbonyl (C=O) groups excluding carboxylic acids is 1. The summed E-state index contributed by atoms with van der Waals surface area (Å²) in [6.07, 6.45) is 3.25. The maximum absolute atomic E-state index is 11.2.